The van der Waals surface area contributed by atoms with Crippen molar-refractivity contribution in [3.63, 3.8) is 0 Å². The number of ether oxygens (including phenoxy) is 1. The van der Waals surface area contributed by atoms with Crippen LogP contribution < -0.4 is 4.74 Å². The predicted molar refractivity (Wildman–Crippen MR) is 120 cm³/mol. The standard InChI is InChI=1S/C26H28FNO3/c1-3-25(30)19-11-15-24(16-12-19)31-18-23(29)17-28(2)26(20-7-5-4-6-8-20)21-9-13-22(27)14-10-21/h4-16,23,26,29H,3,17-18H2,1-2H3. The number of Topliss-reactive ketones (excluding diaryl/α,β-unsaturated/α-hetero) is 1. The molecule has 0 fully saturated rings. The van der Waals surface area contributed by atoms with Gasteiger partial charge in [0, 0.05) is 18.5 Å². The summed E-state index contributed by atoms with van der Waals surface area (Å²) in [7, 11) is 1.93. The molecule has 2 atom stereocenters. The van der Waals surface area contributed by atoms with Crippen LogP contribution in [0.3, 0.4) is 0 Å². The summed E-state index contributed by atoms with van der Waals surface area (Å²) in [5.41, 5.74) is 2.65. The number of carbonyl (C=O) groups excluding carboxylic acids is 1. The van der Waals surface area contributed by atoms with E-state index in [0.717, 1.165) is 11.1 Å². The van der Waals surface area contributed by atoms with E-state index in [0.29, 0.717) is 24.3 Å². The molecule has 3 aromatic carbocycles. The molecule has 0 aromatic heterocycles. The molecule has 2 unspecified atom stereocenters. The number of carbonyl (C=O) groups is 1. The molecule has 3 aromatic rings. The first kappa shape index (κ1) is 22.7. The summed E-state index contributed by atoms with van der Waals surface area (Å²) in [6, 6.07) is 23.2. The SMILES string of the molecule is CCC(=O)c1ccc(OCC(O)CN(C)C(c2ccccc2)c2ccc(F)cc2)cc1. The highest BCUT2D eigenvalue weighted by atomic mass is 19.1. The van der Waals surface area contributed by atoms with Gasteiger partial charge in [0.1, 0.15) is 24.3 Å². The maximum Gasteiger partial charge on any atom is 0.162 e. The molecule has 0 saturated carbocycles. The van der Waals surface area contributed by atoms with Crippen molar-refractivity contribution in [1.82, 2.24) is 4.90 Å². The monoisotopic (exact) mass is 421 g/mol. The van der Waals surface area contributed by atoms with Gasteiger partial charge < -0.3 is 9.84 Å². The van der Waals surface area contributed by atoms with Crippen LogP contribution in [0.25, 0.3) is 0 Å². The number of aliphatic hydroxyl groups is 1. The van der Waals surface area contributed by atoms with Gasteiger partial charge in [0.05, 0.1) is 6.04 Å². The lowest BCUT2D eigenvalue weighted by molar-refractivity contribution is 0.0680. The molecular weight excluding hydrogens is 393 g/mol. The molecule has 162 valence electrons. The molecule has 0 heterocycles. The van der Waals surface area contributed by atoms with Crippen molar-refractivity contribution in [2.45, 2.75) is 25.5 Å². The second-order valence-corrected chi connectivity index (χ2v) is 7.57. The van der Waals surface area contributed by atoms with E-state index in [1.807, 2.05) is 49.2 Å². The van der Waals surface area contributed by atoms with Crippen LogP contribution >= 0.6 is 0 Å². The Morgan fingerprint density at radius 1 is 0.968 bits per heavy atom. The van der Waals surface area contributed by atoms with Crippen LogP contribution in [-0.2, 0) is 0 Å². The number of halogens is 1. The first-order chi connectivity index (χ1) is 15.0. The van der Waals surface area contributed by atoms with E-state index in [1.165, 1.54) is 12.1 Å². The summed E-state index contributed by atoms with van der Waals surface area (Å²) in [5.74, 6) is 0.409. The molecule has 0 spiro atoms. The molecule has 1 N–H and O–H groups in total. The van der Waals surface area contributed by atoms with Crippen molar-refractivity contribution >= 4 is 5.78 Å². The summed E-state index contributed by atoms with van der Waals surface area (Å²) in [6.45, 7) is 2.31. The topological polar surface area (TPSA) is 49.8 Å². The van der Waals surface area contributed by atoms with E-state index in [-0.39, 0.29) is 24.2 Å². The van der Waals surface area contributed by atoms with E-state index >= 15 is 0 Å². The van der Waals surface area contributed by atoms with E-state index in [9.17, 15) is 14.3 Å². The molecule has 31 heavy (non-hydrogen) atoms. The average Bonchev–Trinajstić information content (AvgIpc) is 2.79. The summed E-state index contributed by atoms with van der Waals surface area (Å²) in [6.07, 6.45) is -0.268. The quantitative estimate of drug-likeness (QED) is 0.474. The van der Waals surface area contributed by atoms with Crippen molar-refractivity contribution in [3.8, 4) is 5.75 Å². The average molecular weight is 422 g/mol. The van der Waals surface area contributed by atoms with Gasteiger partial charge in [0.2, 0.25) is 0 Å². The van der Waals surface area contributed by atoms with E-state index in [1.54, 1.807) is 36.4 Å². The van der Waals surface area contributed by atoms with Crippen molar-refractivity contribution < 1.29 is 19.0 Å². The van der Waals surface area contributed by atoms with Gasteiger partial charge in [-0.2, -0.15) is 0 Å². The van der Waals surface area contributed by atoms with Crippen LogP contribution in [0, 0.1) is 5.82 Å². The lowest BCUT2D eigenvalue weighted by Gasteiger charge is -2.30. The largest absolute Gasteiger partial charge is 0.491 e. The Labute approximate surface area is 182 Å². The maximum absolute atomic E-state index is 13.4. The third-order valence-electron chi connectivity index (χ3n) is 5.18. The number of benzene rings is 3. The zero-order valence-electron chi connectivity index (χ0n) is 17.9. The Morgan fingerprint density at radius 2 is 1.58 bits per heavy atom. The lowest BCUT2D eigenvalue weighted by atomic mass is 9.97. The lowest BCUT2D eigenvalue weighted by Crippen LogP contribution is -2.36. The number of ketones is 1. The second kappa shape index (κ2) is 10.8. The highest BCUT2D eigenvalue weighted by Crippen LogP contribution is 2.28. The number of hydrogen-bond donors (Lipinski definition) is 1. The molecule has 0 aliphatic rings. The Morgan fingerprint density at radius 3 is 2.19 bits per heavy atom. The van der Waals surface area contributed by atoms with Crippen molar-refractivity contribution in [2.75, 3.05) is 20.2 Å². The fraction of sp³-hybridized carbons (Fsp3) is 0.269. The Hall–Kier alpha value is -3.02. The second-order valence-electron chi connectivity index (χ2n) is 7.57. The van der Waals surface area contributed by atoms with Gasteiger partial charge in [-0.05, 0) is 54.6 Å². The predicted octanol–water partition coefficient (Wildman–Crippen LogP) is 4.88. The summed E-state index contributed by atoms with van der Waals surface area (Å²) in [4.78, 5) is 13.7. The third-order valence-corrected chi connectivity index (χ3v) is 5.18. The number of nitrogens with zero attached hydrogens (tertiary/aromatic N) is 1. The van der Waals surface area contributed by atoms with E-state index in [4.69, 9.17) is 4.74 Å². The van der Waals surface area contributed by atoms with Crippen LogP contribution in [0.5, 0.6) is 5.75 Å². The van der Waals surface area contributed by atoms with Crippen molar-refractivity contribution in [1.29, 1.82) is 0 Å². The van der Waals surface area contributed by atoms with Gasteiger partial charge in [-0.3, -0.25) is 9.69 Å². The van der Waals surface area contributed by atoms with E-state index < -0.39 is 6.10 Å². The maximum atomic E-state index is 13.4. The number of hydrogen-bond acceptors (Lipinski definition) is 4. The fourth-order valence-corrected chi connectivity index (χ4v) is 3.61. The molecule has 0 saturated heterocycles. The Balaban J connectivity index is 1.64. The molecule has 5 heteroatoms. The highest BCUT2D eigenvalue weighted by Gasteiger charge is 2.22. The van der Waals surface area contributed by atoms with Gasteiger partial charge in [0.25, 0.3) is 0 Å². The number of likely N-dealkylation sites (N-methyl/N-ethyl adjacent to an activating group) is 1. The zero-order chi connectivity index (χ0) is 22.2. The van der Waals surface area contributed by atoms with Crippen LogP contribution in [0.15, 0.2) is 78.9 Å². The first-order valence-electron chi connectivity index (χ1n) is 10.4. The molecule has 0 aliphatic heterocycles. The summed E-state index contributed by atoms with van der Waals surface area (Å²) in [5, 5.41) is 10.6. The minimum atomic E-state index is -0.728. The molecule has 0 amide bonds. The normalized spacial score (nSPS) is 13.1. The zero-order valence-corrected chi connectivity index (χ0v) is 17.9. The van der Waals surface area contributed by atoms with Gasteiger partial charge in [-0.25, -0.2) is 4.39 Å². The summed E-state index contributed by atoms with van der Waals surface area (Å²) < 4.78 is 19.1. The number of aliphatic hydroxyl groups excluding tert-OH is 1. The van der Waals surface area contributed by atoms with Crippen molar-refractivity contribution in [2.24, 2.45) is 0 Å². The minimum absolute atomic E-state index is 0.0842. The van der Waals surface area contributed by atoms with Crippen LogP contribution in [-0.4, -0.2) is 42.1 Å². The van der Waals surface area contributed by atoms with Gasteiger partial charge in [0.15, 0.2) is 5.78 Å². The van der Waals surface area contributed by atoms with Crippen molar-refractivity contribution in [3.05, 3.63) is 101 Å². The molecular formula is C26H28FNO3. The Kier molecular flexibility index (Phi) is 7.93. The van der Waals surface area contributed by atoms with E-state index in [2.05, 4.69) is 0 Å². The molecule has 4 nitrogen and oxygen atoms in total. The number of rotatable bonds is 10. The molecule has 0 aliphatic carbocycles. The molecule has 0 bridgehead atoms. The smallest absolute Gasteiger partial charge is 0.162 e. The summed E-state index contributed by atoms with van der Waals surface area (Å²) >= 11 is 0. The highest BCUT2D eigenvalue weighted by molar-refractivity contribution is 5.95. The van der Waals surface area contributed by atoms with Crippen LogP contribution in [0.4, 0.5) is 4.39 Å². The van der Waals surface area contributed by atoms with Gasteiger partial charge in [-0.15, -0.1) is 0 Å². The minimum Gasteiger partial charge on any atom is -0.491 e. The van der Waals surface area contributed by atoms with Gasteiger partial charge >= 0.3 is 0 Å². The molecule has 3 rings (SSSR count). The first-order valence-corrected chi connectivity index (χ1v) is 10.4. The third kappa shape index (κ3) is 6.23. The fourth-order valence-electron chi connectivity index (χ4n) is 3.61. The van der Waals surface area contributed by atoms with Gasteiger partial charge in [-0.1, -0.05) is 49.4 Å². The van der Waals surface area contributed by atoms with Crippen LogP contribution in [0.1, 0.15) is 40.9 Å². The molecule has 0 radical (unpaired) electrons. The Bertz CT molecular complexity index is 958. The van der Waals surface area contributed by atoms with Crippen LogP contribution in [0.2, 0.25) is 0 Å².